The average molecular weight is 409 g/mol. The minimum atomic E-state index is 0.977. The molecule has 0 radical (unpaired) electrons. The van der Waals surface area contributed by atoms with E-state index in [-0.39, 0.29) is 0 Å². The fraction of sp³-hybridized carbons (Fsp3) is 0. The fourth-order valence-electron chi connectivity index (χ4n) is 5.03. The first-order valence-corrected chi connectivity index (χ1v) is 10.8. The van der Waals surface area contributed by atoms with Crippen molar-refractivity contribution in [2.75, 3.05) is 0 Å². The molecule has 0 saturated heterocycles. The molecule has 150 valence electrons. The van der Waals surface area contributed by atoms with Crippen molar-refractivity contribution < 1.29 is 0 Å². The Morgan fingerprint density at radius 2 is 1.00 bits per heavy atom. The van der Waals surface area contributed by atoms with Gasteiger partial charge >= 0.3 is 0 Å². The molecular formula is C29H19N3. The Hall–Kier alpha value is -4.37. The van der Waals surface area contributed by atoms with Crippen LogP contribution in [0.3, 0.4) is 0 Å². The Morgan fingerprint density at radius 3 is 1.69 bits per heavy atom. The zero-order valence-corrected chi connectivity index (χ0v) is 17.3. The van der Waals surface area contributed by atoms with Crippen molar-refractivity contribution >= 4 is 43.7 Å². The third-order valence-corrected chi connectivity index (χ3v) is 6.35. The molecule has 3 heterocycles. The van der Waals surface area contributed by atoms with Gasteiger partial charge in [0.05, 0.1) is 21.9 Å². The highest BCUT2D eigenvalue weighted by molar-refractivity contribution is 6.24. The van der Waals surface area contributed by atoms with Gasteiger partial charge in [-0.15, -0.1) is 0 Å². The molecule has 3 aromatic heterocycles. The zero-order chi connectivity index (χ0) is 21.1. The van der Waals surface area contributed by atoms with Crippen LogP contribution in [0.15, 0.2) is 115 Å². The Labute approximate surface area is 184 Å². The maximum atomic E-state index is 5.03. The molecule has 7 rings (SSSR count). The molecule has 0 atom stereocenters. The molecule has 3 heteroatoms. The number of pyridine rings is 1. The van der Waals surface area contributed by atoms with Gasteiger partial charge < -0.3 is 4.57 Å². The van der Waals surface area contributed by atoms with E-state index >= 15 is 0 Å². The van der Waals surface area contributed by atoms with Crippen LogP contribution in [0.25, 0.3) is 55.1 Å². The predicted molar refractivity (Wildman–Crippen MR) is 133 cm³/mol. The molecule has 0 saturated carbocycles. The summed E-state index contributed by atoms with van der Waals surface area (Å²) in [4.78, 5) is 5.03. The number of rotatable bonds is 2. The highest BCUT2D eigenvalue weighted by Crippen LogP contribution is 2.40. The van der Waals surface area contributed by atoms with Gasteiger partial charge in [-0.3, -0.25) is 4.57 Å². The molecular weight excluding hydrogens is 390 g/mol. The lowest BCUT2D eigenvalue weighted by Gasteiger charge is -2.09. The monoisotopic (exact) mass is 409 g/mol. The van der Waals surface area contributed by atoms with E-state index in [9.17, 15) is 0 Å². The Bertz CT molecular complexity index is 1760. The molecule has 0 aliphatic carbocycles. The van der Waals surface area contributed by atoms with E-state index in [1.165, 1.54) is 38.1 Å². The van der Waals surface area contributed by atoms with Crippen LogP contribution in [0.2, 0.25) is 0 Å². The predicted octanol–water partition coefficient (Wildman–Crippen LogP) is 7.28. The maximum absolute atomic E-state index is 5.03. The highest BCUT2D eigenvalue weighted by Gasteiger charge is 2.21. The lowest BCUT2D eigenvalue weighted by Crippen LogP contribution is -1.96. The molecule has 0 fully saturated rings. The molecule has 32 heavy (non-hydrogen) atoms. The van der Waals surface area contributed by atoms with Crippen LogP contribution in [0.4, 0.5) is 0 Å². The van der Waals surface area contributed by atoms with Gasteiger partial charge in [-0.1, -0.05) is 72.8 Å². The molecule has 0 unspecified atom stereocenters. The molecule has 0 aliphatic heterocycles. The Kier molecular flexibility index (Phi) is 3.55. The van der Waals surface area contributed by atoms with Gasteiger partial charge in [-0.05, 0) is 36.4 Å². The van der Waals surface area contributed by atoms with E-state index in [0.29, 0.717) is 0 Å². The van der Waals surface area contributed by atoms with Gasteiger partial charge in [-0.25, -0.2) is 4.98 Å². The van der Waals surface area contributed by atoms with E-state index in [0.717, 1.165) is 17.0 Å². The summed E-state index contributed by atoms with van der Waals surface area (Å²) in [5.74, 6) is 0. The van der Waals surface area contributed by atoms with Gasteiger partial charge in [0, 0.05) is 33.7 Å². The van der Waals surface area contributed by atoms with Crippen LogP contribution in [-0.4, -0.2) is 14.1 Å². The number of hydrogen-bond acceptors (Lipinski definition) is 1. The summed E-state index contributed by atoms with van der Waals surface area (Å²) in [6.45, 7) is 0. The van der Waals surface area contributed by atoms with E-state index < -0.39 is 0 Å². The molecule has 0 aliphatic rings. The minimum absolute atomic E-state index is 0.977. The summed E-state index contributed by atoms with van der Waals surface area (Å²) in [7, 11) is 0. The van der Waals surface area contributed by atoms with Crippen molar-refractivity contribution in [2.45, 2.75) is 0 Å². The second-order valence-electron chi connectivity index (χ2n) is 8.10. The number of hydrogen-bond donors (Lipinski definition) is 0. The number of aromatic nitrogens is 3. The maximum Gasteiger partial charge on any atom is 0.147 e. The lowest BCUT2D eigenvalue weighted by molar-refractivity contribution is 1.14. The zero-order valence-electron chi connectivity index (χ0n) is 17.3. The minimum Gasteiger partial charge on any atom is -0.308 e. The van der Waals surface area contributed by atoms with Crippen LogP contribution in [-0.2, 0) is 0 Å². The Morgan fingerprint density at radius 1 is 0.469 bits per heavy atom. The third-order valence-electron chi connectivity index (χ3n) is 6.35. The molecule has 0 amide bonds. The molecule has 0 spiro atoms. The quantitative estimate of drug-likeness (QED) is 0.294. The van der Waals surface area contributed by atoms with Gasteiger partial charge in [0.25, 0.3) is 0 Å². The number of para-hydroxylation sites is 4. The van der Waals surface area contributed by atoms with Crippen LogP contribution >= 0.6 is 0 Å². The summed E-state index contributed by atoms with van der Waals surface area (Å²) < 4.78 is 4.66. The van der Waals surface area contributed by atoms with E-state index in [1.807, 2.05) is 6.20 Å². The van der Waals surface area contributed by atoms with Crippen molar-refractivity contribution in [1.29, 1.82) is 0 Å². The number of fused-ring (bicyclic) bond motifs is 7. The van der Waals surface area contributed by atoms with E-state index in [4.69, 9.17) is 4.98 Å². The SMILES string of the molecule is c1ccc(-n2c3ccccc3c3c2ncc2c4ccccc4n(-c4ccccc4)c23)cc1. The number of benzene rings is 4. The average Bonchev–Trinajstić information content (AvgIpc) is 3.38. The summed E-state index contributed by atoms with van der Waals surface area (Å²) in [5.41, 5.74) is 6.81. The van der Waals surface area contributed by atoms with Crippen LogP contribution < -0.4 is 0 Å². The van der Waals surface area contributed by atoms with E-state index in [1.54, 1.807) is 0 Å². The van der Waals surface area contributed by atoms with E-state index in [2.05, 4.69) is 118 Å². The second-order valence-corrected chi connectivity index (χ2v) is 8.10. The summed E-state index contributed by atoms with van der Waals surface area (Å²) in [6, 6.07) is 38.3. The standard InChI is InChI=1S/C29H19N3/c1-3-11-20(12-4-1)31-25-17-9-7-15-22(25)24-19-30-29-27(28(24)31)23-16-8-10-18-26(23)32(29)21-13-5-2-6-14-21/h1-19H. The van der Waals surface area contributed by atoms with Gasteiger partial charge in [0.2, 0.25) is 0 Å². The van der Waals surface area contributed by atoms with Crippen LogP contribution in [0.1, 0.15) is 0 Å². The van der Waals surface area contributed by atoms with Crippen molar-refractivity contribution in [2.24, 2.45) is 0 Å². The van der Waals surface area contributed by atoms with Gasteiger partial charge in [0.1, 0.15) is 5.65 Å². The van der Waals surface area contributed by atoms with Gasteiger partial charge in [0.15, 0.2) is 0 Å². The molecule has 7 aromatic rings. The second kappa shape index (κ2) is 6.56. The summed E-state index contributed by atoms with van der Waals surface area (Å²) in [6.07, 6.45) is 2.04. The highest BCUT2D eigenvalue weighted by atomic mass is 15.1. The lowest BCUT2D eigenvalue weighted by atomic mass is 10.1. The van der Waals surface area contributed by atoms with Gasteiger partial charge in [-0.2, -0.15) is 0 Å². The van der Waals surface area contributed by atoms with Crippen molar-refractivity contribution in [1.82, 2.24) is 14.1 Å². The normalized spacial score (nSPS) is 11.8. The summed E-state index contributed by atoms with van der Waals surface area (Å²) in [5, 5.41) is 4.79. The van der Waals surface area contributed by atoms with Crippen LogP contribution in [0, 0.1) is 0 Å². The topological polar surface area (TPSA) is 22.8 Å². The number of nitrogens with zero attached hydrogens (tertiary/aromatic N) is 3. The fourth-order valence-corrected chi connectivity index (χ4v) is 5.03. The molecule has 3 nitrogen and oxygen atoms in total. The first-order chi connectivity index (χ1) is 15.9. The first kappa shape index (κ1) is 17.3. The van der Waals surface area contributed by atoms with Crippen LogP contribution in [0.5, 0.6) is 0 Å². The summed E-state index contributed by atoms with van der Waals surface area (Å²) >= 11 is 0. The first-order valence-electron chi connectivity index (χ1n) is 10.8. The smallest absolute Gasteiger partial charge is 0.147 e. The van der Waals surface area contributed by atoms with Crippen molar-refractivity contribution in [3.8, 4) is 11.4 Å². The molecule has 0 bridgehead atoms. The molecule has 4 aromatic carbocycles. The molecule has 0 N–H and O–H groups in total. The third kappa shape index (κ3) is 2.28. The van der Waals surface area contributed by atoms with Crippen molar-refractivity contribution in [3.05, 3.63) is 115 Å². The van der Waals surface area contributed by atoms with Crippen molar-refractivity contribution in [3.63, 3.8) is 0 Å². The Balaban J connectivity index is 1.77. The largest absolute Gasteiger partial charge is 0.308 e.